The van der Waals surface area contributed by atoms with E-state index in [2.05, 4.69) is 15.9 Å². The summed E-state index contributed by atoms with van der Waals surface area (Å²) in [6, 6.07) is 0. The predicted octanol–water partition coefficient (Wildman–Crippen LogP) is 1.78. The lowest BCUT2D eigenvalue weighted by atomic mass is 10.3. The van der Waals surface area contributed by atoms with Crippen molar-refractivity contribution in [2.45, 2.75) is 18.9 Å². The van der Waals surface area contributed by atoms with Crippen molar-refractivity contribution in [3.8, 4) is 0 Å². The van der Waals surface area contributed by atoms with E-state index in [4.69, 9.17) is 21.4 Å². The molecule has 0 aliphatic heterocycles. The van der Waals surface area contributed by atoms with Crippen molar-refractivity contribution in [2.24, 2.45) is 0 Å². The van der Waals surface area contributed by atoms with Gasteiger partial charge in [-0.2, -0.15) is 0 Å². The highest BCUT2D eigenvalue weighted by Crippen LogP contribution is 1.95. The fourth-order valence-electron chi connectivity index (χ4n) is 0.563. The van der Waals surface area contributed by atoms with Crippen LogP contribution in [0.4, 0.5) is 0 Å². The van der Waals surface area contributed by atoms with Gasteiger partial charge in [0.25, 0.3) is 0 Å². The van der Waals surface area contributed by atoms with Crippen LogP contribution in [0.25, 0.3) is 0 Å². The van der Waals surface area contributed by atoms with Crippen LogP contribution in [-0.2, 0) is 4.74 Å². The maximum absolute atomic E-state index is 8.95. The monoisotopic (exact) mass is 244 g/mol. The number of alkyl halides is 2. The number of unbranched alkanes of at least 4 members (excludes halogenated alkanes) is 1. The summed E-state index contributed by atoms with van der Waals surface area (Å²) < 4.78 is 5.13. The first-order chi connectivity index (χ1) is 5.31. The summed E-state index contributed by atoms with van der Waals surface area (Å²) in [6.07, 6.45) is 1.62. The van der Waals surface area contributed by atoms with Gasteiger partial charge in [0.2, 0.25) is 0 Å². The molecule has 11 heavy (non-hydrogen) atoms. The highest BCUT2D eigenvalue weighted by atomic mass is 79.9. The van der Waals surface area contributed by atoms with Gasteiger partial charge >= 0.3 is 0 Å². The third-order valence-electron chi connectivity index (χ3n) is 1.16. The minimum atomic E-state index is -0.513. The normalized spacial score (nSPS) is 13.4. The van der Waals surface area contributed by atoms with Gasteiger partial charge in [0, 0.05) is 11.9 Å². The standard InChI is InChI=1S/C7H14BrClO2/c8-3-1-2-4-11-6-7(10)5-9/h7,10H,1-6H2. The highest BCUT2D eigenvalue weighted by Gasteiger charge is 2.00. The number of rotatable bonds is 7. The van der Waals surface area contributed by atoms with Gasteiger partial charge in [0.05, 0.1) is 18.6 Å². The quantitative estimate of drug-likeness (QED) is 0.547. The average molecular weight is 246 g/mol. The van der Waals surface area contributed by atoms with E-state index in [0.717, 1.165) is 18.2 Å². The summed E-state index contributed by atoms with van der Waals surface area (Å²) in [4.78, 5) is 0. The first-order valence-electron chi connectivity index (χ1n) is 3.69. The van der Waals surface area contributed by atoms with Crippen molar-refractivity contribution in [1.29, 1.82) is 0 Å². The van der Waals surface area contributed by atoms with Gasteiger partial charge in [-0.3, -0.25) is 0 Å². The average Bonchev–Trinajstić information content (AvgIpc) is 2.04. The topological polar surface area (TPSA) is 29.5 Å². The molecule has 0 saturated carbocycles. The number of aliphatic hydroxyl groups is 1. The fourth-order valence-corrected chi connectivity index (χ4v) is 1.05. The predicted molar refractivity (Wildman–Crippen MR) is 50.6 cm³/mol. The van der Waals surface area contributed by atoms with E-state index in [9.17, 15) is 0 Å². The Morgan fingerprint density at radius 3 is 2.73 bits per heavy atom. The van der Waals surface area contributed by atoms with Gasteiger partial charge in [0.1, 0.15) is 0 Å². The fraction of sp³-hybridized carbons (Fsp3) is 1.00. The second kappa shape index (κ2) is 8.78. The second-order valence-corrected chi connectivity index (χ2v) is 3.38. The molecule has 1 unspecified atom stereocenters. The van der Waals surface area contributed by atoms with E-state index in [1.165, 1.54) is 0 Å². The van der Waals surface area contributed by atoms with Gasteiger partial charge < -0.3 is 9.84 Å². The Morgan fingerprint density at radius 1 is 1.45 bits per heavy atom. The van der Waals surface area contributed by atoms with Crippen LogP contribution in [0.15, 0.2) is 0 Å². The molecule has 2 nitrogen and oxygen atoms in total. The lowest BCUT2D eigenvalue weighted by molar-refractivity contribution is 0.0468. The van der Waals surface area contributed by atoms with Crippen molar-refractivity contribution >= 4 is 27.5 Å². The molecule has 0 amide bonds. The Bertz CT molecular complexity index is 82.8. The molecule has 4 heteroatoms. The Kier molecular flexibility index (Phi) is 9.33. The molecule has 0 rings (SSSR count). The summed E-state index contributed by atoms with van der Waals surface area (Å²) in [5.74, 6) is 0.248. The first-order valence-corrected chi connectivity index (χ1v) is 5.34. The maximum atomic E-state index is 8.95. The molecule has 0 spiro atoms. The first kappa shape index (κ1) is 11.7. The van der Waals surface area contributed by atoms with Gasteiger partial charge in [-0.1, -0.05) is 15.9 Å². The number of hydrogen-bond acceptors (Lipinski definition) is 2. The van der Waals surface area contributed by atoms with Crippen molar-refractivity contribution in [2.75, 3.05) is 24.4 Å². The second-order valence-electron chi connectivity index (χ2n) is 2.28. The minimum absolute atomic E-state index is 0.248. The van der Waals surface area contributed by atoms with Gasteiger partial charge in [-0.15, -0.1) is 11.6 Å². The van der Waals surface area contributed by atoms with Crippen LogP contribution >= 0.6 is 27.5 Å². The SMILES string of the molecule is OC(CCl)COCCCCBr. The van der Waals surface area contributed by atoms with Crippen molar-refractivity contribution < 1.29 is 9.84 Å². The van der Waals surface area contributed by atoms with E-state index in [1.807, 2.05) is 0 Å². The molecule has 0 fully saturated rings. The molecule has 68 valence electrons. The Labute approximate surface area is 81.0 Å². The molecule has 0 aliphatic carbocycles. The van der Waals surface area contributed by atoms with Crippen LogP contribution in [0.2, 0.25) is 0 Å². The van der Waals surface area contributed by atoms with Gasteiger partial charge in [-0.05, 0) is 12.8 Å². The van der Waals surface area contributed by atoms with Crippen LogP contribution < -0.4 is 0 Å². The zero-order valence-corrected chi connectivity index (χ0v) is 8.77. The largest absolute Gasteiger partial charge is 0.389 e. The van der Waals surface area contributed by atoms with E-state index in [1.54, 1.807) is 0 Å². The highest BCUT2D eigenvalue weighted by molar-refractivity contribution is 9.09. The molecule has 0 aromatic heterocycles. The van der Waals surface area contributed by atoms with Crippen LogP contribution in [0.5, 0.6) is 0 Å². The molecule has 0 radical (unpaired) electrons. The Morgan fingerprint density at radius 2 is 2.18 bits per heavy atom. The van der Waals surface area contributed by atoms with Crippen molar-refractivity contribution in [3.63, 3.8) is 0 Å². The lowest BCUT2D eigenvalue weighted by Gasteiger charge is -2.06. The molecular formula is C7H14BrClO2. The van der Waals surface area contributed by atoms with Crippen LogP contribution in [0, 0.1) is 0 Å². The number of aliphatic hydroxyl groups excluding tert-OH is 1. The third-order valence-corrected chi connectivity index (χ3v) is 2.08. The van der Waals surface area contributed by atoms with Crippen LogP contribution in [0.1, 0.15) is 12.8 Å². The zero-order valence-electron chi connectivity index (χ0n) is 6.43. The van der Waals surface area contributed by atoms with Gasteiger partial charge in [-0.25, -0.2) is 0 Å². The molecule has 0 saturated heterocycles. The van der Waals surface area contributed by atoms with Crippen molar-refractivity contribution in [3.05, 3.63) is 0 Å². The third kappa shape index (κ3) is 8.60. The summed E-state index contributed by atoms with van der Waals surface area (Å²) in [6.45, 7) is 1.06. The summed E-state index contributed by atoms with van der Waals surface area (Å²) >= 11 is 8.67. The molecule has 0 aliphatic rings. The number of hydrogen-bond donors (Lipinski definition) is 1. The van der Waals surface area contributed by atoms with Crippen LogP contribution in [0.3, 0.4) is 0 Å². The van der Waals surface area contributed by atoms with E-state index in [0.29, 0.717) is 13.2 Å². The summed E-state index contributed by atoms with van der Waals surface area (Å²) in [5, 5.41) is 9.96. The Hall–Kier alpha value is 0.690. The smallest absolute Gasteiger partial charge is 0.0908 e. The van der Waals surface area contributed by atoms with E-state index < -0.39 is 6.10 Å². The maximum Gasteiger partial charge on any atom is 0.0908 e. The molecular weight excluding hydrogens is 231 g/mol. The molecule has 0 bridgehead atoms. The zero-order chi connectivity index (χ0) is 8.53. The number of ether oxygens (including phenoxy) is 1. The van der Waals surface area contributed by atoms with Crippen LogP contribution in [-0.4, -0.2) is 35.6 Å². The van der Waals surface area contributed by atoms with E-state index in [-0.39, 0.29) is 5.88 Å². The minimum Gasteiger partial charge on any atom is -0.389 e. The molecule has 1 atom stereocenters. The molecule has 0 aromatic carbocycles. The van der Waals surface area contributed by atoms with Crippen molar-refractivity contribution in [1.82, 2.24) is 0 Å². The number of halogens is 2. The summed E-state index contributed by atoms with van der Waals surface area (Å²) in [7, 11) is 0. The summed E-state index contributed by atoms with van der Waals surface area (Å²) in [5.41, 5.74) is 0. The van der Waals surface area contributed by atoms with Gasteiger partial charge in [0.15, 0.2) is 0 Å². The lowest BCUT2D eigenvalue weighted by Crippen LogP contribution is -2.17. The molecule has 0 heterocycles. The molecule has 1 N–H and O–H groups in total. The Balaban J connectivity index is 2.89. The van der Waals surface area contributed by atoms with E-state index >= 15 is 0 Å². The molecule has 0 aromatic rings.